The molecule has 0 spiro atoms. The lowest BCUT2D eigenvalue weighted by Crippen LogP contribution is -2.19. The van der Waals surface area contributed by atoms with Gasteiger partial charge in [0.15, 0.2) is 0 Å². The predicted octanol–water partition coefficient (Wildman–Crippen LogP) is 4.15. The number of nitrogens with zero attached hydrogens (tertiary/aromatic N) is 1. The lowest BCUT2D eigenvalue weighted by molar-refractivity contribution is -0.274. The number of ether oxygens (including phenoxy) is 1. The molecule has 1 aliphatic rings. The van der Waals surface area contributed by atoms with Crippen LogP contribution in [0.1, 0.15) is 18.1 Å². The number of likely N-dealkylation sites (N-methyl/N-ethyl adjacent to an activating group) is 1. The van der Waals surface area contributed by atoms with Gasteiger partial charge >= 0.3 is 6.36 Å². The van der Waals surface area contributed by atoms with Crippen LogP contribution < -0.4 is 15.0 Å². The van der Waals surface area contributed by atoms with Gasteiger partial charge in [-0.05, 0) is 48.7 Å². The lowest BCUT2D eigenvalue weighted by Gasteiger charge is -2.17. The highest BCUT2D eigenvalue weighted by atomic mass is 19.4. The maximum Gasteiger partial charge on any atom is 0.573 e. The monoisotopic (exact) mass is 364 g/mol. The molecule has 0 saturated carbocycles. The van der Waals surface area contributed by atoms with E-state index >= 15 is 0 Å². The molecule has 0 aromatic heterocycles. The number of anilines is 2. The van der Waals surface area contributed by atoms with Gasteiger partial charge in [0, 0.05) is 24.5 Å². The molecule has 0 saturated heterocycles. The number of benzene rings is 2. The van der Waals surface area contributed by atoms with Crippen LogP contribution >= 0.6 is 0 Å². The first-order valence-electron chi connectivity index (χ1n) is 8.36. The van der Waals surface area contributed by atoms with Crippen molar-refractivity contribution in [2.24, 2.45) is 0 Å². The molecule has 0 aliphatic carbocycles. The van der Waals surface area contributed by atoms with Gasteiger partial charge in [0.05, 0.1) is 6.42 Å². The van der Waals surface area contributed by atoms with Gasteiger partial charge in [0.2, 0.25) is 5.91 Å². The van der Waals surface area contributed by atoms with Gasteiger partial charge in [-0.25, -0.2) is 0 Å². The summed E-state index contributed by atoms with van der Waals surface area (Å²) in [5, 5.41) is 2.84. The summed E-state index contributed by atoms with van der Waals surface area (Å²) in [6, 6.07) is 11.1. The average molecular weight is 364 g/mol. The standard InChI is InChI=1S/C19H19F3N2O2/c1-2-24-10-9-14-5-6-15(12-17(14)24)23-18(25)11-13-3-7-16(8-4-13)26-19(20,21)22/h3-8,12H,2,9-11H2,1H3,(H,23,25). The molecule has 138 valence electrons. The minimum atomic E-state index is -4.72. The third-order valence-electron chi connectivity index (χ3n) is 4.26. The maximum absolute atomic E-state index is 12.2. The second-order valence-corrected chi connectivity index (χ2v) is 6.09. The molecule has 2 aromatic carbocycles. The van der Waals surface area contributed by atoms with Crippen molar-refractivity contribution in [3.05, 3.63) is 53.6 Å². The summed E-state index contributed by atoms with van der Waals surface area (Å²) in [7, 11) is 0. The van der Waals surface area contributed by atoms with Crippen molar-refractivity contribution in [1.29, 1.82) is 0 Å². The number of carbonyl (C=O) groups is 1. The second-order valence-electron chi connectivity index (χ2n) is 6.09. The van der Waals surface area contributed by atoms with E-state index < -0.39 is 6.36 Å². The van der Waals surface area contributed by atoms with E-state index in [1.54, 1.807) is 0 Å². The van der Waals surface area contributed by atoms with Crippen LogP contribution in [0.15, 0.2) is 42.5 Å². The van der Waals surface area contributed by atoms with Crippen LogP contribution in [0, 0.1) is 0 Å². The fourth-order valence-electron chi connectivity index (χ4n) is 3.05. The average Bonchev–Trinajstić information content (AvgIpc) is 2.97. The molecule has 0 atom stereocenters. The van der Waals surface area contributed by atoms with Crippen LogP contribution in [0.3, 0.4) is 0 Å². The normalized spacial score (nSPS) is 13.5. The van der Waals surface area contributed by atoms with Gasteiger partial charge in [-0.15, -0.1) is 13.2 Å². The highest BCUT2D eigenvalue weighted by Crippen LogP contribution is 2.30. The molecule has 0 unspecified atom stereocenters. The molecule has 3 rings (SSSR count). The number of halogens is 3. The van der Waals surface area contributed by atoms with Gasteiger partial charge in [-0.1, -0.05) is 18.2 Å². The van der Waals surface area contributed by atoms with Crippen LogP contribution in [0.5, 0.6) is 5.75 Å². The van der Waals surface area contributed by atoms with Crippen molar-refractivity contribution >= 4 is 17.3 Å². The van der Waals surface area contributed by atoms with E-state index in [0.29, 0.717) is 11.3 Å². The summed E-state index contributed by atoms with van der Waals surface area (Å²) < 4.78 is 40.3. The first-order chi connectivity index (χ1) is 12.3. The van der Waals surface area contributed by atoms with Crippen molar-refractivity contribution in [3.8, 4) is 5.75 Å². The molecule has 0 radical (unpaired) electrons. The molecular weight excluding hydrogens is 345 g/mol. The predicted molar refractivity (Wildman–Crippen MR) is 93.5 cm³/mol. The number of amides is 1. The summed E-state index contributed by atoms with van der Waals surface area (Å²) in [4.78, 5) is 14.5. The molecule has 2 aromatic rings. The third kappa shape index (κ3) is 4.47. The summed E-state index contributed by atoms with van der Waals surface area (Å²) >= 11 is 0. The summed E-state index contributed by atoms with van der Waals surface area (Å²) in [6.45, 7) is 3.98. The van der Waals surface area contributed by atoms with Gasteiger partial charge in [0.1, 0.15) is 5.75 Å². The quantitative estimate of drug-likeness (QED) is 0.867. The van der Waals surface area contributed by atoms with Crippen molar-refractivity contribution in [2.75, 3.05) is 23.3 Å². The molecule has 26 heavy (non-hydrogen) atoms. The number of alkyl halides is 3. The Morgan fingerprint density at radius 2 is 1.92 bits per heavy atom. The Hall–Kier alpha value is -2.70. The summed E-state index contributed by atoms with van der Waals surface area (Å²) in [6.07, 6.45) is -3.65. The summed E-state index contributed by atoms with van der Waals surface area (Å²) in [5.41, 5.74) is 3.73. The Bertz CT molecular complexity index is 788. The van der Waals surface area contributed by atoms with E-state index in [4.69, 9.17) is 0 Å². The van der Waals surface area contributed by atoms with Crippen LogP contribution in [-0.2, 0) is 17.6 Å². The number of rotatable bonds is 5. The molecule has 0 bridgehead atoms. The fraction of sp³-hybridized carbons (Fsp3) is 0.316. The largest absolute Gasteiger partial charge is 0.573 e. The minimum absolute atomic E-state index is 0.0703. The molecule has 4 nitrogen and oxygen atoms in total. The van der Waals surface area contributed by atoms with E-state index in [1.807, 2.05) is 18.2 Å². The van der Waals surface area contributed by atoms with Gasteiger partial charge < -0.3 is 15.0 Å². The molecule has 1 aliphatic heterocycles. The number of carbonyl (C=O) groups excluding carboxylic acids is 1. The zero-order valence-corrected chi connectivity index (χ0v) is 14.3. The van der Waals surface area contributed by atoms with Crippen molar-refractivity contribution < 1.29 is 22.7 Å². The first-order valence-corrected chi connectivity index (χ1v) is 8.36. The highest BCUT2D eigenvalue weighted by molar-refractivity contribution is 5.93. The topological polar surface area (TPSA) is 41.6 Å². The van der Waals surface area contributed by atoms with E-state index in [2.05, 4.69) is 21.9 Å². The second kappa shape index (κ2) is 7.27. The first kappa shape index (κ1) is 18.1. The Labute approximate surface area is 149 Å². The molecule has 1 heterocycles. The zero-order chi connectivity index (χ0) is 18.7. The SMILES string of the molecule is CCN1CCc2ccc(NC(=O)Cc3ccc(OC(F)(F)F)cc3)cc21. The van der Waals surface area contributed by atoms with Crippen molar-refractivity contribution in [2.45, 2.75) is 26.1 Å². The van der Waals surface area contributed by atoms with Crippen molar-refractivity contribution in [1.82, 2.24) is 0 Å². The Morgan fingerprint density at radius 1 is 1.19 bits per heavy atom. The Balaban J connectivity index is 1.61. The van der Waals surface area contributed by atoms with Crippen LogP contribution in [0.2, 0.25) is 0 Å². The van der Waals surface area contributed by atoms with E-state index in [9.17, 15) is 18.0 Å². The maximum atomic E-state index is 12.2. The van der Waals surface area contributed by atoms with Crippen molar-refractivity contribution in [3.63, 3.8) is 0 Å². The Kier molecular flexibility index (Phi) is 5.06. The van der Waals surface area contributed by atoms with Crippen LogP contribution in [0.4, 0.5) is 24.5 Å². The van der Waals surface area contributed by atoms with Gasteiger partial charge in [-0.3, -0.25) is 4.79 Å². The lowest BCUT2D eigenvalue weighted by atomic mass is 10.1. The van der Waals surface area contributed by atoms with Crippen LogP contribution in [0.25, 0.3) is 0 Å². The third-order valence-corrected chi connectivity index (χ3v) is 4.26. The van der Waals surface area contributed by atoms with Gasteiger partial charge in [-0.2, -0.15) is 0 Å². The highest BCUT2D eigenvalue weighted by Gasteiger charge is 2.31. The fourth-order valence-corrected chi connectivity index (χ4v) is 3.05. The van der Waals surface area contributed by atoms with Crippen LogP contribution in [-0.4, -0.2) is 25.4 Å². The molecular formula is C19H19F3N2O2. The number of fused-ring (bicyclic) bond motifs is 1. The van der Waals surface area contributed by atoms with E-state index in [-0.39, 0.29) is 18.1 Å². The Morgan fingerprint density at radius 3 is 2.58 bits per heavy atom. The smallest absolute Gasteiger partial charge is 0.406 e. The number of hydrogen-bond donors (Lipinski definition) is 1. The number of nitrogens with one attached hydrogen (secondary N) is 1. The zero-order valence-electron chi connectivity index (χ0n) is 14.3. The van der Waals surface area contributed by atoms with Gasteiger partial charge in [0.25, 0.3) is 0 Å². The molecule has 1 N–H and O–H groups in total. The summed E-state index contributed by atoms with van der Waals surface area (Å²) in [5.74, 6) is -0.532. The van der Waals surface area contributed by atoms with E-state index in [0.717, 1.165) is 25.2 Å². The molecule has 7 heteroatoms. The van der Waals surface area contributed by atoms with E-state index in [1.165, 1.54) is 29.8 Å². The number of hydrogen-bond acceptors (Lipinski definition) is 3. The minimum Gasteiger partial charge on any atom is -0.406 e. The molecule has 0 fully saturated rings. The molecule has 1 amide bonds.